The summed E-state index contributed by atoms with van der Waals surface area (Å²) in [5.41, 5.74) is 3.77. The van der Waals surface area contributed by atoms with Crippen molar-refractivity contribution in [3.05, 3.63) is 53.5 Å². The van der Waals surface area contributed by atoms with Gasteiger partial charge in [0.15, 0.2) is 0 Å². The lowest BCUT2D eigenvalue weighted by Gasteiger charge is -2.20. The van der Waals surface area contributed by atoms with Gasteiger partial charge < -0.3 is 10.2 Å². The van der Waals surface area contributed by atoms with Crippen molar-refractivity contribution in [3.63, 3.8) is 0 Å². The maximum absolute atomic E-state index is 4.62. The molecule has 0 aliphatic heterocycles. The number of likely N-dealkylation sites (N-methyl/N-ethyl adjacent to an activating group) is 1. The van der Waals surface area contributed by atoms with Gasteiger partial charge in [-0.3, -0.25) is 4.98 Å². The zero-order valence-corrected chi connectivity index (χ0v) is 13.1. The van der Waals surface area contributed by atoms with E-state index in [2.05, 4.69) is 59.3 Å². The van der Waals surface area contributed by atoms with Crippen LogP contribution in [0.5, 0.6) is 0 Å². The summed E-state index contributed by atoms with van der Waals surface area (Å²) in [5.74, 6) is 1.06. The van der Waals surface area contributed by atoms with Crippen LogP contribution < -0.4 is 10.2 Å². The summed E-state index contributed by atoms with van der Waals surface area (Å²) < 4.78 is 0. The van der Waals surface area contributed by atoms with Crippen molar-refractivity contribution in [2.75, 3.05) is 25.0 Å². The first kappa shape index (κ1) is 15.4. The Morgan fingerprint density at radius 1 is 1.19 bits per heavy atom. The normalized spacial score (nSPS) is 10.6. The van der Waals surface area contributed by atoms with Crippen LogP contribution in [-0.4, -0.2) is 30.1 Å². The van der Waals surface area contributed by atoms with Crippen LogP contribution in [0.15, 0.2) is 36.8 Å². The first-order valence-corrected chi connectivity index (χ1v) is 7.47. The van der Waals surface area contributed by atoms with Gasteiger partial charge in [-0.05, 0) is 54.8 Å². The minimum Gasteiger partial charge on any atom is -0.359 e. The molecule has 0 amide bonds. The summed E-state index contributed by atoms with van der Waals surface area (Å²) in [5, 5.41) is 3.33. The molecule has 4 heteroatoms. The summed E-state index contributed by atoms with van der Waals surface area (Å²) in [6.45, 7) is 7.05. The Kier molecular flexibility index (Phi) is 5.69. The Bertz CT molecular complexity index is 554. The zero-order chi connectivity index (χ0) is 15.1. The van der Waals surface area contributed by atoms with Crippen molar-refractivity contribution in [1.29, 1.82) is 0 Å². The van der Waals surface area contributed by atoms with Gasteiger partial charge >= 0.3 is 0 Å². The molecule has 0 saturated carbocycles. The van der Waals surface area contributed by atoms with Crippen LogP contribution in [0, 0.1) is 6.92 Å². The highest BCUT2D eigenvalue weighted by atomic mass is 15.2. The highest BCUT2D eigenvalue weighted by molar-refractivity contribution is 5.46. The molecule has 21 heavy (non-hydrogen) atoms. The summed E-state index contributed by atoms with van der Waals surface area (Å²) in [6.07, 6.45) is 6.65. The van der Waals surface area contributed by atoms with Crippen molar-refractivity contribution in [3.8, 4) is 0 Å². The fraction of sp³-hybridized carbons (Fsp3) is 0.412. The second-order valence-electron chi connectivity index (χ2n) is 5.29. The molecule has 0 aliphatic rings. The molecule has 1 N–H and O–H groups in total. The fourth-order valence-electron chi connectivity index (χ4n) is 2.34. The van der Waals surface area contributed by atoms with Gasteiger partial charge in [0.2, 0.25) is 0 Å². The number of anilines is 1. The third-order valence-corrected chi connectivity index (χ3v) is 3.53. The van der Waals surface area contributed by atoms with Crippen LogP contribution in [0.25, 0.3) is 0 Å². The number of hydrogen-bond acceptors (Lipinski definition) is 4. The average Bonchev–Trinajstić information content (AvgIpc) is 2.51. The van der Waals surface area contributed by atoms with Gasteiger partial charge in [0.25, 0.3) is 0 Å². The monoisotopic (exact) mass is 284 g/mol. The minimum atomic E-state index is 0.880. The molecular weight excluding hydrogens is 260 g/mol. The standard InChI is InChI=1S/C17H24N4/c1-4-18-12-16-11-14(2)17(20-13-16)21(3)10-7-15-5-8-19-9-6-15/h5-6,8-9,11,13,18H,4,7,10,12H2,1-3H3. The van der Waals surface area contributed by atoms with E-state index in [9.17, 15) is 0 Å². The molecule has 0 aromatic carbocycles. The lowest BCUT2D eigenvalue weighted by molar-refractivity contribution is 0.723. The smallest absolute Gasteiger partial charge is 0.131 e. The van der Waals surface area contributed by atoms with Gasteiger partial charge in [0.05, 0.1) is 0 Å². The van der Waals surface area contributed by atoms with Crippen LogP contribution in [0.4, 0.5) is 5.82 Å². The fourth-order valence-corrected chi connectivity index (χ4v) is 2.34. The molecule has 2 aromatic heterocycles. The van der Waals surface area contributed by atoms with Crippen molar-refractivity contribution >= 4 is 5.82 Å². The van der Waals surface area contributed by atoms with E-state index in [1.54, 1.807) is 0 Å². The Morgan fingerprint density at radius 3 is 2.62 bits per heavy atom. The molecule has 0 atom stereocenters. The molecule has 0 unspecified atom stereocenters. The van der Waals surface area contributed by atoms with E-state index < -0.39 is 0 Å². The van der Waals surface area contributed by atoms with Gasteiger partial charge in [-0.25, -0.2) is 4.98 Å². The molecule has 0 fully saturated rings. The lowest BCUT2D eigenvalue weighted by atomic mass is 10.1. The third-order valence-electron chi connectivity index (χ3n) is 3.53. The lowest BCUT2D eigenvalue weighted by Crippen LogP contribution is -2.22. The van der Waals surface area contributed by atoms with Gasteiger partial charge in [-0.15, -0.1) is 0 Å². The van der Waals surface area contributed by atoms with Crippen molar-refractivity contribution in [1.82, 2.24) is 15.3 Å². The third kappa shape index (κ3) is 4.53. The number of aromatic nitrogens is 2. The van der Waals surface area contributed by atoms with E-state index in [-0.39, 0.29) is 0 Å². The molecule has 2 heterocycles. The Labute approximate surface area is 127 Å². The van der Waals surface area contributed by atoms with E-state index in [0.29, 0.717) is 0 Å². The average molecular weight is 284 g/mol. The summed E-state index contributed by atoms with van der Waals surface area (Å²) >= 11 is 0. The van der Waals surface area contributed by atoms with Gasteiger partial charge in [-0.1, -0.05) is 6.92 Å². The van der Waals surface area contributed by atoms with E-state index in [4.69, 9.17) is 0 Å². The van der Waals surface area contributed by atoms with Crippen LogP contribution in [0.3, 0.4) is 0 Å². The van der Waals surface area contributed by atoms with Gasteiger partial charge in [0.1, 0.15) is 5.82 Å². The van der Waals surface area contributed by atoms with Gasteiger partial charge in [-0.2, -0.15) is 0 Å². The zero-order valence-electron chi connectivity index (χ0n) is 13.1. The Hall–Kier alpha value is -1.94. The molecule has 0 saturated heterocycles. The molecule has 0 radical (unpaired) electrons. The number of nitrogens with one attached hydrogen (secondary N) is 1. The number of pyridine rings is 2. The second-order valence-corrected chi connectivity index (χ2v) is 5.29. The largest absolute Gasteiger partial charge is 0.359 e. The maximum Gasteiger partial charge on any atom is 0.131 e. The molecule has 112 valence electrons. The van der Waals surface area contributed by atoms with Crippen molar-refractivity contribution in [2.45, 2.75) is 26.8 Å². The van der Waals surface area contributed by atoms with E-state index in [1.165, 1.54) is 16.7 Å². The summed E-state index contributed by atoms with van der Waals surface area (Å²) in [4.78, 5) is 10.9. The van der Waals surface area contributed by atoms with Crippen LogP contribution in [0.2, 0.25) is 0 Å². The molecular formula is C17H24N4. The highest BCUT2D eigenvalue weighted by Crippen LogP contribution is 2.17. The Morgan fingerprint density at radius 2 is 1.95 bits per heavy atom. The quantitative estimate of drug-likeness (QED) is 0.848. The predicted octanol–water partition coefficient (Wildman–Crippen LogP) is 2.57. The van der Waals surface area contributed by atoms with Crippen LogP contribution in [-0.2, 0) is 13.0 Å². The van der Waals surface area contributed by atoms with E-state index >= 15 is 0 Å². The van der Waals surface area contributed by atoms with E-state index in [0.717, 1.165) is 31.9 Å². The van der Waals surface area contributed by atoms with E-state index in [1.807, 2.05) is 18.6 Å². The first-order valence-electron chi connectivity index (χ1n) is 7.47. The van der Waals surface area contributed by atoms with Crippen molar-refractivity contribution < 1.29 is 0 Å². The molecule has 0 spiro atoms. The molecule has 4 nitrogen and oxygen atoms in total. The Balaban J connectivity index is 1.97. The molecule has 0 bridgehead atoms. The predicted molar refractivity (Wildman–Crippen MR) is 87.6 cm³/mol. The molecule has 2 aromatic rings. The first-order chi connectivity index (χ1) is 10.2. The number of hydrogen-bond donors (Lipinski definition) is 1. The summed E-state index contributed by atoms with van der Waals surface area (Å²) in [7, 11) is 2.10. The topological polar surface area (TPSA) is 41.1 Å². The minimum absolute atomic E-state index is 0.880. The second kappa shape index (κ2) is 7.74. The van der Waals surface area contributed by atoms with Crippen LogP contribution >= 0.6 is 0 Å². The number of nitrogens with zero attached hydrogens (tertiary/aromatic N) is 3. The number of rotatable bonds is 7. The molecule has 2 rings (SSSR count). The maximum atomic E-state index is 4.62. The van der Waals surface area contributed by atoms with Crippen LogP contribution in [0.1, 0.15) is 23.6 Å². The molecule has 0 aliphatic carbocycles. The highest BCUT2D eigenvalue weighted by Gasteiger charge is 2.07. The van der Waals surface area contributed by atoms with Gasteiger partial charge in [0, 0.05) is 38.7 Å². The van der Waals surface area contributed by atoms with Crippen molar-refractivity contribution in [2.24, 2.45) is 0 Å². The SMILES string of the molecule is CCNCc1cnc(N(C)CCc2ccncc2)c(C)c1. The summed E-state index contributed by atoms with van der Waals surface area (Å²) in [6, 6.07) is 6.34. The number of aryl methyl sites for hydroxylation is 1.